The fourth-order valence-electron chi connectivity index (χ4n) is 3.54. The van der Waals surface area contributed by atoms with Crippen molar-refractivity contribution in [1.82, 2.24) is 40.3 Å². The van der Waals surface area contributed by atoms with E-state index in [4.69, 9.17) is 11.6 Å². The zero-order chi connectivity index (χ0) is 26.2. The molecular weight excluding hydrogens is 501 g/mol. The van der Waals surface area contributed by atoms with Crippen LogP contribution in [0, 0.1) is 12.7 Å². The van der Waals surface area contributed by atoms with Crippen LogP contribution in [0.25, 0.3) is 0 Å². The van der Waals surface area contributed by atoms with Crippen LogP contribution in [0.2, 0.25) is 5.02 Å². The summed E-state index contributed by atoms with van der Waals surface area (Å²) in [6, 6.07) is 8.00. The first-order chi connectivity index (χ1) is 17.9. The lowest BCUT2D eigenvalue weighted by Crippen LogP contribution is -2.23. The van der Waals surface area contributed by atoms with Crippen LogP contribution in [-0.4, -0.2) is 52.2 Å². The molecular formula is C24H27ClFN9O2. The molecule has 3 N–H and O–H groups in total. The summed E-state index contributed by atoms with van der Waals surface area (Å²) in [5.74, 6) is -0.355. The van der Waals surface area contributed by atoms with Crippen molar-refractivity contribution in [3.63, 3.8) is 0 Å². The van der Waals surface area contributed by atoms with Crippen molar-refractivity contribution in [2.75, 3.05) is 5.32 Å². The molecule has 0 radical (unpaired) electrons. The number of carbonyl (C=O) groups is 1. The number of aliphatic hydroxyl groups is 1. The minimum absolute atomic E-state index is 0.0281. The van der Waals surface area contributed by atoms with E-state index in [-0.39, 0.29) is 18.0 Å². The largest absolute Gasteiger partial charge is 0.373 e. The van der Waals surface area contributed by atoms with Gasteiger partial charge in [0.2, 0.25) is 0 Å². The number of pyridine rings is 1. The molecule has 37 heavy (non-hydrogen) atoms. The zero-order valence-corrected chi connectivity index (χ0v) is 20.9. The second-order valence-corrected chi connectivity index (χ2v) is 8.97. The van der Waals surface area contributed by atoms with E-state index in [1.54, 1.807) is 28.0 Å². The van der Waals surface area contributed by atoms with Gasteiger partial charge in [-0.3, -0.25) is 19.1 Å². The van der Waals surface area contributed by atoms with Crippen LogP contribution in [-0.2, 0) is 26.1 Å². The Kier molecular flexibility index (Phi) is 8.75. The molecule has 0 bridgehead atoms. The number of carbonyl (C=O) groups excluding carboxylic acids is 1. The number of amides is 1. The minimum atomic E-state index is -1.05. The summed E-state index contributed by atoms with van der Waals surface area (Å²) < 4.78 is 17.1. The van der Waals surface area contributed by atoms with Crippen LogP contribution in [0.5, 0.6) is 0 Å². The number of aryl methyl sites for hydroxylation is 3. The van der Waals surface area contributed by atoms with Gasteiger partial charge in [-0.15, -0.1) is 10.2 Å². The number of anilines is 1. The van der Waals surface area contributed by atoms with Crippen LogP contribution in [0.1, 0.15) is 40.2 Å². The maximum absolute atomic E-state index is 13.9. The van der Waals surface area contributed by atoms with Gasteiger partial charge in [0, 0.05) is 43.0 Å². The first-order valence-electron chi connectivity index (χ1n) is 11.7. The summed E-state index contributed by atoms with van der Waals surface area (Å²) >= 11 is 5.89. The molecule has 0 saturated carbocycles. The molecule has 3 heterocycles. The van der Waals surface area contributed by atoms with Gasteiger partial charge in [-0.1, -0.05) is 28.1 Å². The standard InChI is InChI=1S/C24H27ClFN9O2/c1-16-4-5-17(12-27-16)13-28-24(37)21-14-34(32-30-21)8-2-3-9-35-15-22(31-33-35)29-23(36)11-18-10-19(25)6-7-20(18)26/h4-7,10,12,14-15,23,29,36H,2-3,8-9,11,13H2,1H3,(H,28,37). The maximum atomic E-state index is 13.9. The Morgan fingerprint density at radius 3 is 2.62 bits per heavy atom. The molecule has 4 rings (SSSR count). The van der Waals surface area contributed by atoms with Crippen molar-refractivity contribution in [1.29, 1.82) is 0 Å². The number of benzene rings is 1. The van der Waals surface area contributed by atoms with Gasteiger partial charge in [0.1, 0.15) is 12.0 Å². The molecule has 0 spiro atoms. The van der Waals surface area contributed by atoms with Crippen molar-refractivity contribution in [3.05, 3.63) is 82.3 Å². The van der Waals surface area contributed by atoms with Crippen LogP contribution in [0.4, 0.5) is 10.2 Å². The lowest BCUT2D eigenvalue weighted by molar-refractivity contribution is 0.0945. The van der Waals surface area contributed by atoms with Gasteiger partial charge in [0.05, 0.1) is 12.4 Å². The van der Waals surface area contributed by atoms with Gasteiger partial charge in [0.25, 0.3) is 5.91 Å². The van der Waals surface area contributed by atoms with Crippen molar-refractivity contribution < 1.29 is 14.3 Å². The molecule has 1 aromatic carbocycles. The summed E-state index contributed by atoms with van der Waals surface area (Å²) in [5, 5.41) is 32.2. The predicted octanol–water partition coefficient (Wildman–Crippen LogP) is 2.75. The van der Waals surface area contributed by atoms with Crippen molar-refractivity contribution in [2.45, 2.75) is 52.0 Å². The quantitative estimate of drug-likeness (QED) is 0.189. The van der Waals surface area contributed by atoms with E-state index in [9.17, 15) is 14.3 Å². The van der Waals surface area contributed by atoms with Gasteiger partial charge in [-0.05, 0) is 55.2 Å². The summed E-state index contributed by atoms with van der Waals surface area (Å²) in [6.07, 6.45) is 5.54. The molecule has 0 fully saturated rings. The normalized spacial score (nSPS) is 11.9. The number of nitrogens with one attached hydrogen (secondary N) is 2. The maximum Gasteiger partial charge on any atom is 0.273 e. The fourth-order valence-corrected chi connectivity index (χ4v) is 3.73. The highest BCUT2D eigenvalue weighted by Crippen LogP contribution is 2.17. The van der Waals surface area contributed by atoms with E-state index in [0.717, 1.165) is 24.1 Å². The topological polar surface area (TPSA) is 136 Å². The summed E-state index contributed by atoms with van der Waals surface area (Å²) in [7, 11) is 0. The number of nitrogens with zero attached hydrogens (tertiary/aromatic N) is 7. The van der Waals surface area contributed by atoms with Crippen molar-refractivity contribution in [3.8, 4) is 0 Å². The summed E-state index contributed by atoms with van der Waals surface area (Å²) in [6.45, 7) is 3.45. The van der Waals surface area contributed by atoms with Gasteiger partial charge in [-0.2, -0.15) is 0 Å². The molecule has 1 atom stereocenters. The molecule has 3 aromatic heterocycles. The van der Waals surface area contributed by atoms with Gasteiger partial charge in [0.15, 0.2) is 11.5 Å². The van der Waals surface area contributed by atoms with Crippen LogP contribution < -0.4 is 10.6 Å². The lowest BCUT2D eigenvalue weighted by atomic mass is 10.1. The third-order valence-electron chi connectivity index (χ3n) is 5.50. The summed E-state index contributed by atoms with van der Waals surface area (Å²) in [5.41, 5.74) is 2.38. The van der Waals surface area contributed by atoms with Gasteiger partial charge >= 0.3 is 0 Å². The smallest absolute Gasteiger partial charge is 0.273 e. The fraction of sp³-hybridized carbons (Fsp3) is 0.333. The Morgan fingerprint density at radius 1 is 1.11 bits per heavy atom. The van der Waals surface area contributed by atoms with E-state index < -0.39 is 12.0 Å². The third-order valence-corrected chi connectivity index (χ3v) is 5.73. The Morgan fingerprint density at radius 2 is 1.86 bits per heavy atom. The Hall–Kier alpha value is -3.90. The highest BCUT2D eigenvalue weighted by atomic mass is 35.5. The average Bonchev–Trinajstić information content (AvgIpc) is 3.53. The molecule has 0 aliphatic rings. The molecule has 13 heteroatoms. The summed E-state index contributed by atoms with van der Waals surface area (Å²) in [4.78, 5) is 16.5. The van der Waals surface area contributed by atoms with Crippen LogP contribution in [0.15, 0.2) is 48.9 Å². The van der Waals surface area contributed by atoms with E-state index in [2.05, 4.69) is 36.2 Å². The highest BCUT2D eigenvalue weighted by molar-refractivity contribution is 6.30. The van der Waals surface area contributed by atoms with Gasteiger partial charge in [-0.25, -0.2) is 4.39 Å². The number of unbranched alkanes of at least 4 members (excludes halogenated alkanes) is 1. The van der Waals surface area contributed by atoms with Crippen molar-refractivity contribution in [2.24, 2.45) is 0 Å². The number of aromatic nitrogens is 7. The Balaban J connectivity index is 1.16. The first kappa shape index (κ1) is 26.2. The van der Waals surface area contributed by atoms with E-state index in [0.29, 0.717) is 36.0 Å². The number of aliphatic hydroxyl groups excluding tert-OH is 1. The molecule has 1 unspecified atom stereocenters. The molecule has 0 aliphatic heterocycles. The van der Waals surface area contributed by atoms with Crippen LogP contribution >= 0.6 is 11.6 Å². The predicted molar refractivity (Wildman–Crippen MR) is 134 cm³/mol. The van der Waals surface area contributed by atoms with Gasteiger partial charge < -0.3 is 15.7 Å². The second kappa shape index (κ2) is 12.4. The molecule has 194 valence electrons. The molecule has 0 aliphatic carbocycles. The van der Waals surface area contributed by atoms with E-state index in [1.807, 2.05) is 19.1 Å². The van der Waals surface area contributed by atoms with E-state index in [1.165, 1.54) is 18.2 Å². The molecule has 0 saturated heterocycles. The number of hydrogen-bond acceptors (Lipinski definition) is 8. The average molecular weight is 528 g/mol. The lowest BCUT2D eigenvalue weighted by Gasteiger charge is -2.12. The highest BCUT2D eigenvalue weighted by Gasteiger charge is 2.13. The Labute approximate surface area is 217 Å². The van der Waals surface area contributed by atoms with Crippen LogP contribution in [0.3, 0.4) is 0 Å². The molecule has 1 amide bonds. The zero-order valence-electron chi connectivity index (χ0n) is 20.2. The third kappa shape index (κ3) is 7.79. The number of hydrogen-bond donors (Lipinski definition) is 3. The molecule has 4 aromatic rings. The Bertz CT molecular complexity index is 1330. The second-order valence-electron chi connectivity index (χ2n) is 8.53. The number of halogens is 2. The van der Waals surface area contributed by atoms with Crippen molar-refractivity contribution >= 4 is 23.3 Å². The first-order valence-corrected chi connectivity index (χ1v) is 12.1. The monoisotopic (exact) mass is 527 g/mol. The SMILES string of the molecule is Cc1ccc(CNC(=O)c2cn(CCCCn3cc(NC(O)Cc4cc(Cl)ccc4F)nn3)nn2)cn1. The van der Waals surface area contributed by atoms with E-state index >= 15 is 0 Å². The minimum Gasteiger partial charge on any atom is -0.373 e. The number of rotatable bonds is 12. The molecule has 11 nitrogen and oxygen atoms in total.